The van der Waals surface area contributed by atoms with Crippen LogP contribution in [0.25, 0.3) is 0 Å². The van der Waals surface area contributed by atoms with Crippen LogP contribution in [0.5, 0.6) is 0 Å². The van der Waals surface area contributed by atoms with Crippen molar-refractivity contribution in [3.05, 3.63) is 109 Å². The van der Waals surface area contributed by atoms with Gasteiger partial charge in [-0.1, -0.05) is 181 Å². The van der Waals surface area contributed by atoms with Crippen molar-refractivity contribution in [1.82, 2.24) is 0 Å². The fourth-order valence-corrected chi connectivity index (χ4v) is 7.11. The predicted molar refractivity (Wildman–Crippen MR) is 277 cm³/mol. The van der Waals surface area contributed by atoms with Crippen LogP contribution >= 0.6 is 7.82 Å². The van der Waals surface area contributed by atoms with Crippen molar-refractivity contribution in [2.24, 2.45) is 0 Å². The Labute approximate surface area is 400 Å². The van der Waals surface area contributed by atoms with Crippen LogP contribution in [0.15, 0.2) is 109 Å². The van der Waals surface area contributed by atoms with Crippen LogP contribution < -0.4 is 4.89 Å². The lowest BCUT2D eigenvalue weighted by Gasteiger charge is -2.28. The fraction of sp³-hybridized carbons (Fsp3) is 0.661. The molecule has 0 amide bonds. The number of nitrogens with zero attached hydrogens (tertiary/aromatic N) is 1. The molecule has 0 spiro atoms. The van der Waals surface area contributed by atoms with Crippen LogP contribution in [0.4, 0.5) is 0 Å². The molecule has 0 aromatic heterocycles. The molecule has 0 bridgehead atoms. The van der Waals surface area contributed by atoms with Crippen LogP contribution in [0.3, 0.4) is 0 Å². The molecular weight excluding hydrogens is 830 g/mol. The lowest BCUT2D eigenvalue weighted by atomic mass is 10.1. The van der Waals surface area contributed by atoms with Crippen molar-refractivity contribution >= 4 is 13.8 Å². The average Bonchev–Trinajstić information content (AvgIpc) is 3.27. The van der Waals surface area contributed by atoms with E-state index >= 15 is 0 Å². The molecule has 0 heterocycles. The summed E-state index contributed by atoms with van der Waals surface area (Å²) in [7, 11) is 1.31. The molecule has 0 radical (unpaired) electrons. The molecule has 2 atom stereocenters. The van der Waals surface area contributed by atoms with E-state index in [9.17, 15) is 14.3 Å². The molecule has 0 N–H and O–H groups in total. The number of rotatable bonds is 46. The third-order valence-electron chi connectivity index (χ3n) is 10.3. The summed E-state index contributed by atoms with van der Waals surface area (Å²) in [6, 6.07) is 0. The van der Waals surface area contributed by atoms with Crippen molar-refractivity contribution in [3.63, 3.8) is 0 Å². The van der Waals surface area contributed by atoms with Gasteiger partial charge in [-0.15, -0.1) is 0 Å². The van der Waals surface area contributed by atoms with Crippen molar-refractivity contribution in [3.8, 4) is 0 Å². The van der Waals surface area contributed by atoms with E-state index in [0.717, 1.165) is 116 Å². The van der Waals surface area contributed by atoms with E-state index in [1.165, 1.54) is 44.9 Å². The zero-order chi connectivity index (χ0) is 47.6. The van der Waals surface area contributed by atoms with Crippen LogP contribution in [0.2, 0.25) is 0 Å². The van der Waals surface area contributed by atoms with Gasteiger partial charge in [0, 0.05) is 13.0 Å². The second kappa shape index (κ2) is 47.6. The molecule has 0 aromatic rings. The fourth-order valence-electron chi connectivity index (χ4n) is 6.38. The summed E-state index contributed by atoms with van der Waals surface area (Å²) in [5, 5.41) is 0. The molecule has 0 aliphatic carbocycles. The van der Waals surface area contributed by atoms with Gasteiger partial charge in [-0.25, -0.2) is 0 Å². The third kappa shape index (κ3) is 52.0. The number of hydrogen-bond acceptors (Lipinski definition) is 7. The molecule has 0 fully saturated rings. The van der Waals surface area contributed by atoms with Gasteiger partial charge in [-0.05, 0) is 103 Å². The summed E-state index contributed by atoms with van der Waals surface area (Å²) in [5.41, 5.74) is 0. The van der Waals surface area contributed by atoms with Crippen molar-refractivity contribution in [2.45, 2.75) is 187 Å². The number of carbonyl (C=O) groups is 1. The van der Waals surface area contributed by atoms with Gasteiger partial charge in [0.05, 0.1) is 34.4 Å². The number of unbranched alkanes of at least 4 members (excludes halogenated alkanes) is 14. The van der Waals surface area contributed by atoms with E-state index in [1.54, 1.807) is 0 Å². The van der Waals surface area contributed by atoms with E-state index in [0.29, 0.717) is 17.6 Å². The molecule has 0 saturated heterocycles. The summed E-state index contributed by atoms with van der Waals surface area (Å²) >= 11 is 0. The SMILES string of the molecule is CC/C=C\C/C=C\C/C=C\C/C=C\C/C=C\C/C=C\CCCCCCCOCC(COP(=O)([O-])OCC[N+](C)(C)C)OC(=O)CCCCCCCC/C=C\C/C=C\C/C=C\CCCCC. The van der Waals surface area contributed by atoms with Gasteiger partial charge in [-0.2, -0.15) is 0 Å². The van der Waals surface area contributed by atoms with Crippen LogP contribution in [-0.2, 0) is 27.9 Å². The minimum atomic E-state index is -4.55. The standard InChI is InChI=1S/C56H96NO7P/c1-6-8-10-12-14-16-18-20-22-24-26-27-28-29-30-32-34-36-38-40-42-44-46-48-51-61-53-55(54-63-65(59,60)62-52-50-57(3,4)5)64-56(58)49-47-45-43-41-39-37-35-33-31-25-23-21-19-17-15-13-11-9-7-2/h8,10,14-17,20-23,26-27,29-31,33-34,36,55H,6-7,9,11-13,18-19,24-25,28,32,35,37-54H2,1-5H3/b10-8-,16-14-,17-15-,22-20-,23-21-,27-26-,30-29-,33-31-,36-34-. The lowest BCUT2D eigenvalue weighted by molar-refractivity contribution is -0.870. The van der Waals surface area contributed by atoms with Crippen molar-refractivity contribution in [2.75, 3.05) is 54.1 Å². The minimum Gasteiger partial charge on any atom is -0.756 e. The number of phosphoric ester groups is 1. The first-order valence-corrected chi connectivity index (χ1v) is 27.1. The monoisotopic (exact) mass is 926 g/mol. The molecule has 0 rings (SSSR count). The van der Waals surface area contributed by atoms with Crippen LogP contribution in [0.1, 0.15) is 181 Å². The van der Waals surface area contributed by atoms with E-state index in [2.05, 4.69) is 123 Å². The highest BCUT2D eigenvalue weighted by Crippen LogP contribution is 2.38. The maximum absolute atomic E-state index is 12.7. The topological polar surface area (TPSA) is 94.1 Å². The van der Waals surface area contributed by atoms with E-state index < -0.39 is 13.9 Å². The molecular formula is C56H96NO7P. The van der Waals surface area contributed by atoms with Crippen LogP contribution in [0, 0.1) is 0 Å². The maximum atomic E-state index is 12.7. The van der Waals surface area contributed by atoms with Gasteiger partial charge in [0.2, 0.25) is 0 Å². The molecule has 0 aromatic carbocycles. The normalized spacial score (nSPS) is 14.5. The minimum absolute atomic E-state index is 0.0124. The summed E-state index contributed by atoms with van der Waals surface area (Å²) in [5.74, 6) is -0.358. The smallest absolute Gasteiger partial charge is 0.306 e. The third-order valence-corrected chi connectivity index (χ3v) is 11.3. The van der Waals surface area contributed by atoms with E-state index in [1.807, 2.05) is 21.1 Å². The second-order valence-corrected chi connectivity index (χ2v) is 19.2. The van der Waals surface area contributed by atoms with Gasteiger partial charge in [0.15, 0.2) is 0 Å². The lowest BCUT2D eigenvalue weighted by Crippen LogP contribution is -2.37. The van der Waals surface area contributed by atoms with Crippen molar-refractivity contribution < 1.29 is 37.3 Å². The molecule has 2 unspecified atom stereocenters. The van der Waals surface area contributed by atoms with Gasteiger partial charge in [-0.3, -0.25) is 9.36 Å². The van der Waals surface area contributed by atoms with Gasteiger partial charge < -0.3 is 27.9 Å². The van der Waals surface area contributed by atoms with Crippen molar-refractivity contribution in [1.29, 1.82) is 0 Å². The number of allylic oxidation sites excluding steroid dienone is 18. The first-order chi connectivity index (χ1) is 31.6. The molecule has 65 heavy (non-hydrogen) atoms. The van der Waals surface area contributed by atoms with E-state index in [4.69, 9.17) is 18.5 Å². The number of quaternary nitrogens is 1. The van der Waals surface area contributed by atoms with Gasteiger partial charge in [0.1, 0.15) is 19.3 Å². The maximum Gasteiger partial charge on any atom is 0.306 e. The quantitative estimate of drug-likeness (QED) is 0.0197. The van der Waals surface area contributed by atoms with E-state index in [-0.39, 0.29) is 32.2 Å². The summed E-state index contributed by atoms with van der Waals surface area (Å²) in [6.45, 7) is 5.18. The molecule has 8 nitrogen and oxygen atoms in total. The summed E-state index contributed by atoms with van der Waals surface area (Å²) in [4.78, 5) is 25.2. The highest BCUT2D eigenvalue weighted by Gasteiger charge is 2.20. The highest BCUT2D eigenvalue weighted by molar-refractivity contribution is 7.45. The summed E-state index contributed by atoms with van der Waals surface area (Å²) < 4.78 is 34.7. The van der Waals surface area contributed by atoms with Crippen LogP contribution in [-0.4, -0.2) is 70.7 Å². The summed E-state index contributed by atoms with van der Waals surface area (Å²) in [6.07, 6.45) is 66.8. The average molecular weight is 926 g/mol. The first-order valence-electron chi connectivity index (χ1n) is 25.6. The largest absolute Gasteiger partial charge is 0.756 e. The Morgan fingerprint density at radius 2 is 0.892 bits per heavy atom. The first kappa shape index (κ1) is 62.2. The Balaban J connectivity index is 4.26. The Bertz CT molecular complexity index is 1400. The van der Waals surface area contributed by atoms with Gasteiger partial charge >= 0.3 is 5.97 Å². The highest BCUT2D eigenvalue weighted by atomic mass is 31.2. The second-order valence-electron chi connectivity index (χ2n) is 17.8. The number of ether oxygens (including phenoxy) is 2. The number of likely N-dealkylation sites (N-methyl/N-ethyl adjacent to an activating group) is 1. The number of phosphoric acid groups is 1. The molecule has 0 saturated carbocycles. The zero-order valence-corrected chi connectivity index (χ0v) is 43.0. The Hall–Kier alpha value is -2.84. The predicted octanol–water partition coefficient (Wildman–Crippen LogP) is 15.3. The molecule has 0 aliphatic heterocycles. The zero-order valence-electron chi connectivity index (χ0n) is 42.1. The molecule has 0 aliphatic rings. The number of hydrogen-bond donors (Lipinski definition) is 0. The molecule has 372 valence electrons. The molecule has 9 heteroatoms. The van der Waals surface area contributed by atoms with Gasteiger partial charge in [0.25, 0.3) is 7.82 Å². The number of esters is 1. The Morgan fingerprint density at radius 3 is 1.34 bits per heavy atom. The number of carbonyl (C=O) groups excluding carboxylic acids is 1. The Morgan fingerprint density at radius 1 is 0.492 bits per heavy atom. The Kier molecular flexibility index (Phi) is 45.6.